The predicted octanol–water partition coefficient (Wildman–Crippen LogP) is 3.78. The Morgan fingerprint density at radius 2 is 1.38 bits per heavy atom. The van der Waals surface area contributed by atoms with Crippen LogP contribution in [0.25, 0.3) is 11.1 Å². The third-order valence-corrected chi connectivity index (χ3v) is 6.93. The summed E-state index contributed by atoms with van der Waals surface area (Å²) in [6.07, 6.45) is 0.558. The smallest absolute Gasteiger partial charge is 0.407 e. The number of nitrogens with one attached hydrogen (secondary N) is 3. The van der Waals surface area contributed by atoms with Gasteiger partial charge in [-0.25, -0.2) is 4.79 Å². The molecule has 198 valence electrons. The number of hydrogen-bond acceptors (Lipinski definition) is 5. The van der Waals surface area contributed by atoms with Gasteiger partial charge < -0.3 is 25.5 Å². The molecule has 2 aromatic carbocycles. The lowest BCUT2D eigenvalue weighted by molar-refractivity contribution is -0.132. The summed E-state index contributed by atoms with van der Waals surface area (Å²) in [5.74, 6) is -1.45. The van der Waals surface area contributed by atoms with Gasteiger partial charge in [0.05, 0.1) is 6.04 Å². The first-order valence-electron chi connectivity index (χ1n) is 12.8. The normalized spacial score (nSPS) is 15.5. The van der Waals surface area contributed by atoms with Gasteiger partial charge in [-0.1, -0.05) is 82.6 Å². The predicted molar refractivity (Wildman–Crippen MR) is 142 cm³/mol. The maximum Gasteiger partial charge on any atom is 0.407 e. The van der Waals surface area contributed by atoms with Crippen LogP contribution in [0.2, 0.25) is 0 Å². The maximum atomic E-state index is 13.2. The Bertz CT molecular complexity index is 1090. The van der Waals surface area contributed by atoms with Crippen LogP contribution in [0.5, 0.6) is 0 Å². The molecule has 1 aliphatic carbocycles. The summed E-state index contributed by atoms with van der Waals surface area (Å²) in [7, 11) is 0. The van der Waals surface area contributed by atoms with E-state index >= 15 is 0 Å². The van der Waals surface area contributed by atoms with Crippen LogP contribution in [0.4, 0.5) is 4.79 Å². The first-order chi connectivity index (χ1) is 17.7. The van der Waals surface area contributed by atoms with Crippen molar-refractivity contribution in [3.63, 3.8) is 0 Å². The van der Waals surface area contributed by atoms with E-state index in [4.69, 9.17) is 4.74 Å². The molecule has 8 nitrogen and oxygen atoms in total. The molecule has 0 aromatic heterocycles. The Morgan fingerprint density at radius 1 is 0.838 bits per heavy atom. The van der Waals surface area contributed by atoms with Crippen molar-refractivity contribution in [2.24, 2.45) is 11.8 Å². The summed E-state index contributed by atoms with van der Waals surface area (Å²) in [5.41, 5.74) is 4.46. The molecule has 0 aliphatic heterocycles. The lowest BCUT2D eigenvalue weighted by Gasteiger charge is -2.28. The second kappa shape index (κ2) is 12.5. The fourth-order valence-corrected chi connectivity index (χ4v) is 4.60. The van der Waals surface area contributed by atoms with Gasteiger partial charge in [-0.15, -0.1) is 0 Å². The Balaban J connectivity index is 1.68. The molecule has 0 spiro atoms. The molecule has 3 amide bonds. The number of amides is 3. The van der Waals surface area contributed by atoms with Crippen LogP contribution in [-0.2, 0) is 19.1 Å². The first-order valence-corrected chi connectivity index (χ1v) is 12.8. The minimum absolute atomic E-state index is 0.0946. The number of alkyl carbamates (subject to hydrolysis) is 1. The van der Waals surface area contributed by atoms with Crippen molar-refractivity contribution in [3.05, 3.63) is 59.7 Å². The van der Waals surface area contributed by atoms with Gasteiger partial charge in [-0.2, -0.15) is 0 Å². The summed E-state index contributed by atoms with van der Waals surface area (Å²) in [4.78, 5) is 49.6. The van der Waals surface area contributed by atoms with Crippen LogP contribution in [-0.4, -0.2) is 48.9 Å². The second-order valence-corrected chi connectivity index (χ2v) is 10.00. The highest BCUT2D eigenvalue weighted by molar-refractivity contribution is 5.92. The number of carbonyl (C=O) groups excluding carboxylic acids is 4. The van der Waals surface area contributed by atoms with Crippen molar-refractivity contribution < 1.29 is 23.9 Å². The van der Waals surface area contributed by atoms with E-state index in [1.807, 2.05) is 50.2 Å². The summed E-state index contributed by atoms with van der Waals surface area (Å²) in [6.45, 7) is 9.07. The molecule has 3 rings (SSSR count). The van der Waals surface area contributed by atoms with Gasteiger partial charge in [-0.3, -0.25) is 9.59 Å². The third-order valence-electron chi connectivity index (χ3n) is 6.93. The van der Waals surface area contributed by atoms with E-state index in [1.54, 1.807) is 20.8 Å². The Morgan fingerprint density at radius 3 is 1.89 bits per heavy atom. The molecule has 0 radical (unpaired) electrons. The van der Waals surface area contributed by atoms with Gasteiger partial charge in [0.15, 0.2) is 0 Å². The Labute approximate surface area is 218 Å². The fourth-order valence-electron chi connectivity index (χ4n) is 4.60. The van der Waals surface area contributed by atoms with Gasteiger partial charge in [0.25, 0.3) is 0 Å². The van der Waals surface area contributed by atoms with Crippen molar-refractivity contribution >= 4 is 24.2 Å². The molecule has 0 saturated carbocycles. The lowest BCUT2D eigenvalue weighted by Crippen LogP contribution is -2.58. The molecule has 0 fully saturated rings. The van der Waals surface area contributed by atoms with Crippen molar-refractivity contribution in [2.75, 3.05) is 6.61 Å². The highest BCUT2D eigenvalue weighted by atomic mass is 16.5. The Hall–Kier alpha value is -3.68. The summed E-state index contributed by atoms with van der Waals surface area (Å²) < 4.78 is 5.63. The second-order valence-electron chi connectivity index (χ2n) is 10.00. The molecule has 0 heterocycles. The molecule has 37 heavy (non-hydrogen) atoms. The lowest BCUT2D eigenvalue weighted by atomic mass is 9.96. The van der Waals surface area contributed by atoms with Crippen molar-refractivity contribution in [3.8, 4) is 11.1 Å². The fraction of sp³-hybridized carbons (Fsp3) is 0.448. The van der Waals surface area contributed by atoms with E-state index in [2.05, 4.69) is 28.1 Å². The Kier molecular flexibility index (Phi) is 9.44. The number of ether oxygens (including phenoxy) is 1. The van der Waals surface area contributed by atoms with E-state index in [-0.39, 0.29) is 24.4 Å². The van der Waals surface area contributed by atoms with Crippen LogP contribution in [0.15, 0.2) is 48.5 Å². The third kappa shape index (κ3) is 6.56. The number of fused-ring (bicyclic) bond motifs is 3. The van der Waals surface area contributed by atoms with Gasteiger partial charge in [0.1, 0.15) is 25.0 Å². The van der Waals surface area contributed by atoms with E-state index < -0.39 is 36.0 Å². The minimum atomic E-state index is -0.891. The molecule has 1 aliphatic rings. The van der Waals surface area contributed by atoms with Crippen LogP contribution in [0, 0.1) is 11.8 Å². The largest absolute Gasteiger partial charge is 0.449 e. The zero-order chi connectivity index (χ0) is 27.1. The van der Waals surface area contributed by atoms with Gasteiger partial charge >= 0.3 is 6.09 Å². The quantitative estimate of drug-likeness (QED) is 0.401. The molecular weight excluding hydrogens is 470 g/mol. The number of benzene rings is 2. The van der Waals surface area contributed by atoms with Crippen LogP contribution < -0.4 is 16.0 Å². The van der Waals surface area contributed by atoms with Crippen molar-refractivity contribution in [2.45, 2.75) is 65.1 Å². The number of rotatable bonds is 11. The van der Waals surface area contributed by atoms with Gasteiger partial charge in [0, 0.05) is 5.92 Å². The molecule has 2 aromatic rings. The topological polar surface area (TPSA) is 114 Å². The molecule has 3 N–H and O–H groups in total. The van der Waals surface area contributed by atoms with Gasteiger partial charge in [-0.05, 0) is 41.0 Å². The molecule has 0 saturated heterocycles. The van der Waals surface area contributed by atoms with Crippen molar-refractivity contribution in [1.29, 1.82) is 0 Å². The molecular formula is C29H37N3O5. The van der Waals surface area contributed by atoms with E-state index in [0.29, 0.717) is 12.7 Å². The average Bonchev–Trinajstić information content (AvgIpc) is 3.21. The molecule has 0 bridgehead atoms. The van der Waals surface area contributed by atoms with E-state index in [9.17, 15) is 19.2 Å². The van der Waals surface area contributed by atoms with Crippen LogP contribution in [0.1, 0.15) is 58.1 Å². The monoisotopic (exact) mass is 507 g/mol. The van der Waals surface area contributed by atoms with E-state index in [0.717, 1.165) is 22.3 Å². The molecule has 0 unspecified atom stereocenters. The number of hydrogen-bond donors (Lipinski definition) is 3. The summed E-state index contributed by atoms with van der Waals surface area (Å²) >= 11 is 0. The maximum absolute atomic E-state index is 13.2. The van der Waals surface area contributed by atoms with E-state index in [1.165, 1.54) is 0 Å². The minimum Gasteiger partial charge on any atom is -0.449 e. The highest BCUT2D eigenvalue weighted by Crippen LogP contribution is 2.44. The molecule has 4 atom stereocenters. The number of aldehydes is 1. The summed E-state index contributed by atoms with van der Waals surface area (Å²) in [5, 5.41) is 8.04. The van der Waals surface area contributed by atoms with Gasteiger partial charge in [0.2, 0.25) is 11.8 Å². The first kappa shape index (κ1) is 27.9. The average molecular weight is 508 g/mol. The zero-order valence-electron chi connectivity index (χ0n) is 22.1. The van der Waals surface area contributed by atoms with Crippen LogP contribution >= 0.6 is 0 Å². The zero-order valence-corrected chi connectivity index (χ0v) is 22.1. The van der Waals surface area contributed by atoms with Crippen molar-refractivity contribution in [1.82, 2.24) is 16.0 Å². The number of carbonyl (C=O) groups is 4. The standard InChI is InChI=1S/C29H37N3O5/c1-6-18(4)26(28(35)31-25(17(2)3)27(34)30-19(5)15-33)32-29(36)37-16-24-22-13-9-7-11-20(22)21-12-8-10-14-23(21)24/h7-15,17-19,24-26H,6,16H2,1-5H3,(H,30,34)(H,31,35)(H,32,36)/t18-,19-,25-,26-/m0/s1. The highest BCUT2D eigenvalue weighted by Gasteiger charge is 2.33. The molecule has 8 heteroatoms. The van der Waals surface area contributed by atoms with Crippen LogP contribution in [0.3, 0.4) is 0 Å². The SMILES string of the molecule is CC[C@H](C)[C@H](NC(=O)OCC1c2ccccc2-c2ccccc21)C(=O)N[C@H](C(=O)N[C@@H](C)C=O)C(C)C. The summed E-state index contributed by atoms with van der Waals surface area (Å²) in [6, 6.07) is 13.7.